The minimum atomic E-state index is -0.428. The number of hydrogen-bond donors (Lipinski definition) is 1. The molecular weight excluding hydrogens is 324 g/mol. The molecule has 0 aliphatic rings. The van der Waals surface area contributed by atoms with E-state index in [1.54, 1.807) is 12.1 Å². The Labute approximate surface area is 124 Å². The topological polar surface area (TPSA) is 78.4 Å². The Morgan fingerprint density at radius 1 is 1.25 bits per heavy atom. The molecule has 6 heteroatoms. The fourth-order valence-electron chi connectivity index (χ4n) is 1.74. The summed E-state index contributed by atoms with van der Waals surface area (Å²) >= 11 is 3.24. The van der Waals surface area contributed by atoms with Gasteiger partial charge >= 0.3 is 0 Å². The van der Waals surface area contributed by atoms with E-state index in [1.165, 1.54) is 6.07 Å². The lowest BCUT2D eigenvalue weighted by Gasteiger charge is -2.09. The number of halogens is 1. The van der Waals surface area contributed by atoms with Crippen molar-refractivity contribution in [2.45, 2.75) is 13.2 Å². The number of rotatable bonds is 5. The fraction of sp³-hybridized carbons (Fsp3) is 0.143. The molecule has 2 aromatic carbocycles. The fourth-order valence-corrected chi connectivity index (χ4v) is 2.27. The quantitative estimate of drug-likeness (QED) is 0.670. The highest BCUT2D eigenvalue weighted by Crippen LogP contribution is 2.29. The molecule has 20 heavy (non-hydrogen) atoms. The van der Waals surface area contributed by atoms with Crippen molar-refractivity contribution in [1.29, 1.82) is 0 Å². The van der Waals surface area contributed by atoms with E-state index in [0.717, 1.165) is 11.1 Å². The molecule has 2 N–H and O–H groups in total. The summed E-state index contributed by atoms with van der Waals surface area (Å²) in [5.41, 5.74) is 7.29. The summed E-state index contributed by atoms with van der Waals surface area (Å²) in [6, 6.07) is 12.3. The highest BCUT2D eigenvalue weighted by molar-refractivity contribution is 9.10. The predicted octanol–water partition coefficient (Wildman–Crippen LogP) is 3.40. The van der Waals surface area contributed by atoms with Crippen LogP contribution >= 0.6 is 15.9 Å². The molecule has 0 aromatic heterocycles. The smallest absolute Gasteiger partial charge is 0.283 e. The molecule has 0 saturated carbocycles. The van der Waals surface area contributed by atoms with Crippen LogP contribution in [0.25, 0.3) is 0 Å². The van der Waals surface area contributed by atoms with Crippen LogP contribution in [0.4, 0.5) is 5.69 Å². The molecule has 0 atom stereocenters. The highest BCUT2D eigenvalue weighted by Gasteiger charge is 2.14. The zero-order valence-corrected chi connectivity index (χ0v) is 12.2. The van der Waals surface area contributed by atoms with Crippen molar-refractivity contribution < 1.29 is 9.66 Å². The Morgan fingerprint density at radius 3 is 2.70 bits per heavy atom. The summed E-state index contributed by atoms with van der Waals surface area (Å²) in [6.07, 6.45) is 0. The first-order valence-electron chi connectivity index (χ1n) is 5.95. The van der Waals surface area contributed by atoms with Gasteiger partial charge in [-0.15, -0.1) is 0 Å². The Morgan fingerprint density at radius 2 is 2.00 bits per heavy atom. The van der Waals surface area contributed by atoms with Gasteiger partial charge in [-0.1, -0.05) is 24.3 Å². The summed E-state index contributed by atoms with van der Waals surface area (Å²) in [6.45, 7) is 0.688. The minimum absolute atomic E-state index is 0.0295. The van der Waals surface area contributed by atoms with Crippen LogP contribution in [0.1, 0.15) is 11.1 Å². The number of nitro benzene ring substituents is 1. The van der Waals surface area contributed by atoms with Gasteiger partial charge < -0.3 is 10.5 Å². The monoisotopic (exact) mass is 336 g/mol. The number of nitrogens with two attached hydrogens (primary N) is 1. The lowest BCUT2D eigenvalue weighted by Crippen LogP contribution is -2.00. The standard InChI is InChI=1S/C14H13BrN2O3/c15-14-11(4-2-6-13(14)17(18)19)9-20-12-5-1-3-10(7-12)8-16/h1-7H,8-9,16H2. The van der Waals surface area contributed by atoms with E-state index in [1.807, 2.05) is 24.3 Å². The zero-order valence-electron chi connectivity index (χ0n) is 10.6. The Hall–Kier alpha value is -1.92. The van der Waals surface area contributed by atoms with Crippen LogP contribution < -0.4 is 10.5 Å². The van der Waals surface area contributed by atoms with Crippen molar-refractivity contribution in [2.75, 3.05) is 0 Å². The van der Waals surface area contributed by atoms with Crippen molar-refractivity contribution >= 4 is 21.6 Å². The average Bonchev–Trinajstić information content (AvgIpc) is 2.46. The van der Waals surface area contributed by atoms with Crippen molar-refractivity contribution in [3.63, 3.8) is 0 Å². The normalized spacial score (nSPS) is 10.3. The first kappa shape index (κ1) is 14.5. The van der Waals surface area contributed by atoms with Crippen LogP contribution in [0.2, 0.25) is 0 Å². The first-order chi connectivity index (χ1) is 9.61. The van der Waals surface area contributed by atoms with Crippen LogP contribution in [0, 0.1) is 10.1 Å². The number of benzene rings is 2. The highest BCUT2D eigenvalue weighted by atomic mass is 79.9. The van der Waals surface area contributed by atoms with Gasteiger partial charge in [-0.3, -0.25) is 10.1 Å². The molecule has 0 aliphatic heterocycles. The molecule has 0 unspecified atom stereocenters. The molecule has 2 rings (SSSR count). The van der Waals surface area contributed by atoms with Crippen molar-refractivity contribution in [2.24, 2.45) is 5.73 Å². The summed E-state index contributed by atoms with van der Waals surface area (Å²) in [5, 5.41) is 10.9. The van der Waals surface area contributed by atoms with E-state index in [4.69, 9.17) is 10.5 Å². The molecular formula is C14H13BrN2O3. The first-order valence-corrected chi connectivity index (χ1v) is 6.74. The van der Waals surface area contributed by atoms with Crippen LogP contribution in [0.3, 0.4) is 0 Å². The van der Waals surface area contributed by atoms with Gasteiger partial charge in [0, 0.05) is 18.2 Å². The maximum atomic E-state index is 10.9. The Bertz CT molecular complexity index is 632. The molecule has 104 valence electrons. The molecule has 0 spiro atoms. The van der Waals surface area contributed by atoms with Crippen LogP contribution in [0.5, 0.6) is 5.75 Å². The molecule has 0 fully saturated rings. The second-order valence-corrected chi connectivity index (χ2v) is 4.94. The lowest BCUT2D eigenvalue weighted by atomic mass is 10.2. The van der Waals surface area contributed by atoms with Gasteiger partial charge in [0.05, 0.1) is 4.92 Å². The summed E-state index contributed by atoms with van der Waals surface area (Å²) in [5.74, 6) is 0.686. The summed E-state index contributed by atoms with van der Waals surface area (Å²) < 4.78 is 6.09. The van der Waals surface area contributed by atoms with E-state index in [-0.39, 0.29) is 12.3 Å². The summed E-state index contributed by atoms with van der Waals surface area (Å²) in [4.78, 5) is 10.4. The average molecular weight is 337 g/mol. The molecule has 0 aliphatic carbocycles. The molecule has 0 saturated heterocycles. The molecule has 0 heterocycles. The molecule has 0 amide bonds. The van der Waals surface area contributed by atoms with Crippen molar-refractivity contribution in [3.8, 4) is 5.75 Å². The van der Waals surface area contributed by atoms with Gasteiger partial charge in [-0.25, -0.2) is 0 Å². The molecule has 2 aromatic rings. The zero-order chi connectivity index (χ0) is 14.5. The third-order valence-corrected chi connectivity index (χ3v) is 3.70. The SMILES string of the molecule is NCc1cccc(OCc2cccc([N+](=O)[O-])c2Br)c1. The largest absolute Gasteiger partial charge is 0.489 e. The van der Waals surface area contributed by atoms with Crippen molar-refractivity contribution in [3.05, 3.63) is 68.2 Å². The molecule has 5 nitrogen and oxygen atoms in total. The maximum absolute atomic E-state index is 10.9. The minimum Gasteiger partial charge on any atom is -0.489 e. The van der Waals surface area contributed by atoms with Gasteiger partial charge in [-0.2, -0.15) is 0 Å². The second kappa shape index (κ2) is 6.49. The van der Waals surface area contributed by atoms with Gasteiger partial charge in [0.1, 0.15) is 16.8 Å². The van der Waals surface area contributed by atoms with Gasteiger partial charge in [0.15, 0.2) is 0 Å². The lowest BCUT2D eigenvalue weighted by molar-refractivity contribution is -0.385. The summed E-state index contributed by atoms with van der Waals surface area (Å²) in [7, 11) is 0. The van der Waals surface area contributed by atoms with Crippen LogP contribution in [-0.2, 0) is 13.2 Å². The van der Waals surface area contributed by atoms with E-state index in [0.29, 0.717) is 16.8 Å². The number of hydrogen-bond acceptors (Lipinski definition) is 4. The van der Waals surface area contributed by atoms with Gasteiger partial charge in [0.25, 0.3) is 5.69 Å². The Kier molecular flexibility index (Phi) is 4.70. The van der Waals surface area contributed by atoms with E-state index < -0.39 is 4.92 Å². The van der Waals surface area contributed by atoms with Gasteiger partial charge in [0.2, 0.25) is 0 Å². The maximum Gasteiger partial charge on any atom is 0.283 e. The molecule has 0 bridgehead atoms. The Balaban J connectivity index is 2.14. The van der Waals surface area contributed by atoms with Gasteiger partial charge in [-0.05, 0) is 33.6 Å². The third kappa shape index (κ3) is 3.34. The number of ether oxygens (including phenoxy) is 1. The second-order valence-electron chi connectivity index (χ2n) is 4.15. The van der Waals surface area contributed by atoms with Crippen LogP contribution in [0.15, 0.2) is 46.9 Å². The van der Waals surface area contributed by atoms with Crippen LogP contribution in [-0.4, -0.2) is 4.92 Å². The number of nitrogens with zero attached hydrogens (tertiary/aromatic N) is 1. The van der Waals surface area contributed by atoms with E-state index in [2.05, 4.69) is 15.9 Å². The third-order valence-electron chi connectivity index (χ3n) is 2.78. The predicted molar refractivity (Wildman–Crippen MR) is 79.5 cm³/mol. The van der Waals surface area contributed by atoms with E-state index in [9.17, 15) is 10.1 Å². The van der Waals surface area contributed by atoms with E-state index >= 15 is 0 Å². The van der Waals surface area contributed by atoms with Crippen molar-refractivity contribution in [1.82, 2.24) is 0 Å². The number of nitro groups is 1. The molecule has 0 radical (unpaired) electrons.